The molecule has 26 heavy (non-hydrogen) atoms. The van der Waals surface area contributed by atoms with E-state index in [9.17, 15) is 14.0 Å². The molecule has 5 nitrogen and oxygen atoms in total. The van der Waals surface area contributed by atoms with Gasteiger partial charge in [-0.3, -0.25) is 9.59 Å². The number of halogens is 1. The van der Waals surface area contributed by atoms with Crippen molar-refractivity contribution in [1.82, 2.24) is 10.2 Å². The van der Waals surface area contributed by atoms with Crippen LogP contribution in [0.15, 0.2) is 47.1 Å². The third-order valence-electron chi connectivity index (χ3n) is 4.75. The number of nitrogens with zero attached hydrogens (tertiary/aromatic N) is 1. The Bertz CT molecular complexity index is 745. The van der Waals surface area contributed by atoms with Crippen molar-refractivity contribution in [3.63, 3.8) is 0 Å². The molecule has 3 rings (SSSR count). The van der Waals surface area contributed by atoms with E-state index in [0.717, 1.165) is 19.4 Å². The molecular weight excluding hydrogens is 335 g/mol. The van der Waals surface area contributed by atoms with Crippen LogP contribution in [0, 0.1) is 11.7 Å². The van der Waals surface area contributed by atoms with Crippen molar-refractivity contribution in [3.8, 4) is 0 Å². The first-order valence-corrected chi connectivity index (χ1v) is 8.96. The van der Waals surface area contributed by atoms with Crippen molar-refractivity contribution < 1.29 is 18.4 Å². The molecule has 1 aliphatic heterocycles. The van der Waals surface area contributed by atoms with Gasteiger partial charge in [-0.15, -0.1) is 0 Å². The van der Waals surface area contributed by atoms with Crippen LogP contribution in [-0.4, -0.2) is 29.8 Å². The highest BCUT2D eigenvalue weighted by molar-refractivity contribution is 5.91. The molecule has 1 N–H and O–H groups in total. The number of likely N-dealkylation sites (tertiary alicyclic amines) is 1. The minimum Gasteiger partial charge on any atom is -0.459 e. The summed E-state index contributed by atoms with van der Waals surface area (Å²) < 4.78 is 18.7. The number of amides is 2. The lowest BCUT2D eigenvalue weighted by Gasteiger charge is -2.32. The van der Waals surface area contributed by atoms with Gasteiger partial charge in [-0.2, -0.15) is 0 Å². The summed E-state index contributed by atoms with van der Waals surface area (Å²) in [6, 6.07) is 9.79. The lowest BCUT2D eigenvalue weighted by Crippen LogP contribution is -2.40. The predicted octanol–water partition coefficient (Wildman–Crippen LogP) is 3.37. The van der Waals surface area contributed by atoms with Gasteiger partial charge >= 0.3 is 0 Å². The van der Waals surface area contributed by atoms with E-state index in [4.69, 9.17) is 4.42 Å². The lowest BCUT2D eigenvalue weighted by atomic mass is 9.93. The maximum atomic E-state index is 13.6. The minimum atomic E-state index is -0.313. The first-order valence-electron chi connectivity index (χ1n) is 8.96. The van der Waals surface area contributed by atoms with E-state index in [1.807, 2.05) is 0 Å². The first-order chi connectivity index (χ1) is 12.6. The molecule has 1 saturated heterocycles. The third kappa shape index (κ3) is 4.71. The SMILES string of the molecule is O=C(CC[C@@H]1CCCN(C(=O)c2ccco2)C1)NCc1ccccc1F. The zero-order chi connectivity index (χ0) is 18.4. The Kier molecular flexibility index (Phi) is 6.04. The van der Waals surface area contributed by atoms with Gasteiger partial charge in [0, 0.05) is 31.6 Å². The van der Waals surface area contributed by atoms with Crippen molar-refractivity contribution in [1.29, 1.82) is 0 Å². The van der Waals surface area contributed by atoms with Crippen LogP contribution in [0.2, 0.25) is 0 Å². The van der Waals surface area contributed by atoms with E-state index in [1.165, 1.54) is 12.3 Å². The highest BCUT2D eigenvalue weighted by Gasteiger charge is 2.26. The summed E-state index contributed by atoms with van der Waals surface area (Å²) >= 11 is 0. The second-order valence-corrected chi connectivity index (χ2v) is 6.64. The van der Waals surface area contributed by atoms with Gasteiger partial charge in [0.1, 0.15) is 5.82 Å². The van der Waals surface area contributed by atoms with Crippen LogP contribution in [0.5, 0.6) is 0 Å². The summed E-state index contributed by atoms with van der Waals surface area (Å²) in [4.78, 5) is 26.2. The molecule has 138 valence electrons. The van der Waals surface area contributed by atoms with Gasteiger partial charge in [-0.25, -0.2) is 4.39 Å². The number of furan rings is 1. The van der Waals surface area contributed by atoms with Gasteiger partial charge < -0.3 is 14.6 Å². The number of rotatable bonds is 6. The van der Waals surface area contributed by atoms with Gasteiger partial charge in [-0.1, -0.05) is 18.2 Å². The van der Waals surface area contributed by atoms with Crippen LogP contribution >= 0.6 is 0 Å². The number of hydrogen-bond acceptors (Lipinski definition) is 3. The molecule has 6 heteroatoms. The average Bonchev–Trinajstić information content (AvgIpc) is 3.20. The second kappa shape index (κ2) is 8.65. The minimum absolute atomic E-state index is 0.0938. The Balaban J connectivity index is 1.43. The molecule has 1 fully saturated rings. The van der Waals surface area contributed by atoms with E-state index in [0.29, 0.717) is 36.6 Å². The van der Waals surface area contributed by atoms with Crippen LogP contribution in [0.1, 0.15) is 41.8 Å². The molecule has 2 heterocycles. The summed E-state index contributed by atoms with van der Waals surface area (Å²) in [6.07, 6.45) is 4.51. The van der Waals surface area contributed by atoms with Crippen molar-refractivity contribution in [3.05, 3.63) is 59.8 Å². The Morgan fingerprint density at radius 1 is 1.23 bits per heavy atom. The fourth-order valence-corrected chi connectivity index (χ4v) is 3.30. The fourth-order valence-electron chi connectivity index (χ4n) is 3.30. The van der Waals surface area contributed by atoms with Crippen molar-refractivity contribution in [2.24, 2.45) is 5.92 Å². The van der Waals surface area contributed by atoms with Crippen molar-refractivity contribution in [2.45, 2.75) is 32.2 Å². The van der Waals surface area contributed by atoms with Gasteiger partial charge in [0.15, 0.2) is 5.76 Å². The Hall–Kier alpha value is -2.63. The maximum absolute atomic E-state index is 13.6. The van der Waals surface area contributed by atoms with Gasteiger partial charge in [-0.05, 0) is 43.4 Å². The lowest BCUT2D eigenvalue weighted by molar-refractivity contribution is -0.121. The average molecular weight is 358 g/mol. The standard InChI is InChI=1S/C20H23FN2O3/c21-17-7-2-1-6-16(17)13-22-19(24)10-9-15-5-3-11-23(14-15)20(25)18-8-4-12-26-18/h1-2,4,6-8,12,15H,3,5,9-11,13-14H2,(H,22,24)/t15-/m0/s1. The van der Waals surface area contributed by atoms with Crippen LogP contribution in [0.25, 0.3) is 0 Å². The zero-order valence-corrected chi connectivity index (χ0v) is 14.6. The molecular formula is C20H23FN2O3. The Morgan fingerprint density at radius 3 is 2.85 bits per heavy atom. The number of carbonyl (C=O) groups excluding carboxylic acids is 2. The normalized spacial score (nSPS) is 17.1. The van der Waals surface area contributed by atoms with Gasteiger partial charge in [0.25, 0.3) is 5.91 Å². The Labute approximate surface area is 152 Å². The van der Waals surface area contributed by atoms with Gasteiger partial charge in [0.2, 0.25) is 5.91 Å². The molecule has 0 saturated carbocycles. The summed E-state index contributed by atoms with van der Waals surface area (Å²) in [5.74, 6) is 0.147. The Morgan fingerprint density at radius 2 is 2.08 bits per heavy atom. The van der Waals surface area contributed by atoms with Crippen LogP contribution < -0.4 is 5.32 Å². The van der Waals surface area contributed by atoms with E-state index in [1.54, 1.807) is 35.2 Å². The summed E-state index contributed by atoms with van der Waals surface area (Å²) in [6.45, 7) is 1.55. The third-order valence-corrected chi connectivity index (χ3v) is 4.75. The van der Waals surface area contributed by atoms with Crippen molar-refractivity contribution >= 4 is 11.8 Å². The zero-order valence-electron chi connectivity index (χ0n) is 14.6. The molecule has 0 radical (unpaired) electrons. The summed E-state index contributed by atoms with van der Waals surface area (Å²) in [5, 5.41) is 2.76. The molecule has 0 bridgehead atoms. The molecule has 1 aliphatic rings. The molecule has 0 unspecified atom stereocenters. The van der Waals surface area contributed by atoms with Gasteiger partial charge in [0.05, 0.1) is 6.26 Å². The van der Waals surface area contributed by atoms with Crippen LogP contribution in [0.4, 0.5) is 4.39 Å². The highest BCUT2D eigenvalue weighted by atomic mass is 19.1. The monoisotopic (exact) mass is 358 g/mol. The smallest absolute Gasteiger partial charge is 0.289 e. The fraction of sp³-hybridized carbons (Fsp3) is 0.400. The largest absolute Gasteiger partial charge is 0.459 e. The van der Waals surface area contributed by atoms with Crippen molar-refractivity contribution in [2.75, 3.05) is 13.1 Å². The summed E-state index contributed by atoms with van der Waals surface area (Å²) in [5.41, 5.74) is 0.480. The highest BCUT2D eigenvalue weighted by Crippen LogP contribution is 2.22. The summed E-state index contributed by atoms with van der Waals surface area (Å²) in [7, 11) is 0. The molecule has 1 aromatic carbocycles. The number of nitrogens with one attached hydrogen (secondary N) is 1. The van der Waals surface area contributed by atoms with E-state index < -0.39 is 0 Å². The van der Waals surface area contributed by atoms with E-state index in [2.05, 4.69) is 5.32 Å². The molecule has 0 aliphatic carbocycles. The number of carbonyl (C=O) groups is 2. The predicted molar refractivity (Wildman–Crippen MR) is 94.8 cm³/mol. The molecule has 2 amide bonds. The molecule has 0 spiro atoms. The topological polar surface area (TPSA) is 62.6 Å². The van der Waals surface area contributed by atoms with Crippen LogP contribution in [0.3, 0.4) is 0 Å². The number of hydrogen-bond donors (Lipinski definition) is 1. The quantitative estimate of drug-likeness (QED) is 0.861. The number of piperidine rings is 1. The van der Waals surface area contributed by atoms with E-state index >= 15 is 0 Å². The second-order valence-electron chi connectivity index (χ2n) is 6.64. The number of benzene rings is 1. The molecule has 1 atom stereocenters. The van der Waals surface area contributed by atoms with Crippen LogP contribution in [-0.2, 0) is 11.3 Å². The first kappa shape index (κ1) is 18.2. The molecule has 2 aromatic rings. The molecule has 1 aromatic heterocycles. The maximum Gasteiger partial charge on any atom is 0.289 e. The van der Waals surface area contributed by atoms with E-state index in [-0.39, 0.29) is 24.2 Å².